The lowest BCUT2D eigenvalue weighted by atomic mass is 9.82. The number of ether oxygens (including phenoxy) is 3. The molecule has 0 aromatic heterocycles. The van der Waals surface area contributed by atoms with Gasteiger partial charge in [-0.2, -0.15) is 0 Å². The second-order valence-corrected chi connectivity index (χ2v) is 11.4. The van der Waals surface area contributed by atoms with Crippen LogP contribution in [0.2, 0.25) is 0 Å². The maximum absolute atomic E-state index is 13.7. The second kappa shape index (κ2) is 12.7. The van der Waals surface area contributed by atoms with Gasteiger partial charge in [-0.25, -0.2) is 0 Å². The molecule has 43 heavy (non-hydrogen) atoms. The number of aryl methyl sites for hydroxylation is 2. The molecule has 2 fully saturated rings. The van der Waals surface area contributed by atoms with E-state index in [0.717, 1.165) is 59.6 Å². The minimum atomic E-state index is -0.891. The van der Waals surface area contributed by atoms with Crippen LogP contribution in [-0.4, -0.2) is 68.1 Å². The van der Waals surface area contributed by atoms with Crippen LogP contribution in [-0.2, 0) is 27.2 Å². The Kier molecular flexibility index (Phi) is 8.54. The van der Waals surface area contributed by atoms with Crippen molar-refractivity contribution in [3.63, 3.8) is 0 Å². The number of likely N-dealkylation sites (tertiary alicyclic amines) is 1. The number of morpholine rings is 1. The van der Waals surface area contributed by atoms with Crippen LogP contribution >= 0.6 is 0 Å². The van der Waals surface area contributed by atoms with Crippen molar-refractivity contribution < 1.29 is 28.9 Å². The van der Waals surface area contributed by atoms with Crippen molar-refractivity contribution in [2.45, 2.75) is 38.6 Å². The van der Waals surface area contributed by atoms with E-state index in [9.17, 15) is 14.7 Å². The highest BCUT2D eigenvalue weighted by Gasteiger charge is 2.48. The van der Waals surface area contributed by atoms with Gasteiger partial charge in [-0.1, -0.05) is 50.2 Å². The number of amides is 1. The number of carboxylic acids is 1. The number of carbonyl (C=O) groups is 2. The predicted molar refractivity (Wildman–Crippen MR) is 164 cm³/mol. The summed E-state index contributed by atoms with van der Waals surface area (Å²) >= 11 is 0. The molecule has 3 heterocycles. The van der Waals surface area contributed by atoms with Crippen molar-refractivity contribution in [1.29, 1.82) is 0 Å². The van der Waals surface area contributed by atoms with Gasteiger partial charge in [0.15, 0.2) is 11.5 Å². The molecule has 0 radical (unpaired) electrons. The smallest absolute Gasteiger partial charge is 0.309 e. The van der Waals surface area contributed by atoms with E-state index in [4.69, 9.17) is 14.2 Å². The van der Waals surface area contributed by atoms with Crippen LogP contribution in [0.1, 0.15) is 48.1 Å². The summed E-state index contributed by atoms with van der Waals surface area (Å²) in [7, 11) is 0. The third-order valence-electron chi connectivity index (χ3n) is 8.93. The number of hydrogen-bond acceptors (Lipinski definition) is 7. The first kappa shape index (κ1) is 29.0. The lowest BCUT2D eigenvalue weighted by Crippen LogP contribution is -2.36. The number of nitrogens with zero attached hydrogens (tertiary/aromatic N) is 2. The molecule has 9 heteroatoms. The summed E-state index contributed by atoms with van der Waals surface area (Å²) in [5, 5.41) is 13.8. The van der Waals surface area contributed by atoms with Crippen LogP contribution in [0.5, 0.6) is 11.5 Å². The van der Waals surface area contributed by atoms with Crippen molar-refractivity contribution in [1.82, 2.24) is 4.90 Å². The largest absolute Gasteiger partial charge is 0.481 e. The van der Waals surface area contributed by atoms with Crippen molar-refractivity contribution in [3.05, 3.63) is 82.9 Å². The van der Waals surface area contributed by atoms with Crippen LogP contribution in [0.4, 0.5) is 11.4 Å². The van der Waals surface area contributed by atoms with E-state index in [1.54, 1.807) is 0 Å². The Labute approximate surface area is 252 Å². The SMILES string of the molecule is CCc1cccc(CC)c1NC(=O)CN1C[C@H](c2ccc3c(c2)OCO3)C(C(=O)O)[C@@H]1c1ccc(N2CCOCC2)cc1. The lowest BCUT2D eigenvalue weighted by Gasteiger charge is -2.30. The highest BCUT2D eigenvalue weighted by Crippen LogP contribution is 2.48. The number of nitrogens with one attached hydrogen (secondary N) is 1. The number of para-hydroxylation sites is 1. The zero-order valence-corrected chi connectivity index (χ0v) is 24.8. The van der Waals surface area contributed by atoms with E-state index in [1.807, 2.05) is 53.4 Å². The first-order chi connectivity index (χ1) is 21.0. The summed E-state index contributed by atoms with van der Waals surface area (Å²) in [6.07, 6.45) is 1.61. The van der Waals surface area contributed by atoms with Crippen LogP contribution in [0, 0.1) is 5.92 Å². The molecule has 3 aromatic carbocycles. The molecule has 0 aliphatic carbocycles. The first-order valence-electron chi connectivity index (χ1n) is 15.2. The molecule has 9 nitrogen and oxygen atoms in total. The second-order valence-electron chi connectivity index (χ2n) is 11.4. The zero-order chi connectivity index (χ0) is 29.9. The van der Waals surface area contributed by atoms with Gasteiger partial charge in [0.05, 0.1) is 25.7 Å². The third kappa shape index (κ3) is 5.92. The van der Waals surface area contributed by atoms with Crippen LogP contribution in [0.15, 0.2) is 60.7 Å². The fraction of sp³-hybridized carbons (Fsp3) is 0.412. The minimum Gasteiger partial charge on any atom is -0.481 e. The van der Waals surface area contributed by atoms with Gasteiger partial charge in [-0.15, -0.1) is 0 Å². The van der Waals surface area contributed by atoms with E-state index in [-0.39, 0.29) is 25.2 Å². The number of rotatable bonds is 9. The fourth-order valence-electron chi connectivity index (χ4n) is 6.74. The molecular weight excluding hydrogens is 546 g/mol. The Bertz CT molecular complexity index is 1450. The lowest BCUT2D eigenvalue weighted by molar-refractivity contribution is -0.143. The Hall–Kier alpha value is -4.08. The van der Waals surface area contributed by atoms with E-state index >= 15 is 0 Å². The fourth-order valence-corrected chi connectivity index (χ4v) is 6.74. The summed E-state index contributed by atoms with van der Waals surface area (Å²) in [6, 6.07) is 19.4. The van der Waals surface area contributed by atoms with Crippen molar-refractivity contribution in [2.24, 2.45) is 5.92 Å². The molecule has 1 amide bonds. The van der Waals surface area contributed by atoms with Crippen molar-refractivity contribution in [2.75, 3.05) is 56.4 Å². The van der Waals surface area contributed by atoms with Gasteiger partial charge in [0.2, 0.25) is 12.7 Å². The predicted octanol–water partition coefficient (Wildman–Crippen LogP) is 4.86. The summed E-state index contributed by atoms with van der Waals surface area (Å²) in [4.78, 5) is 31.0. The quantitative estimate of drug-likeness (QED) is 0.368. The number of fused-ring (bicyclic) bond motifs is 1. The molecule has 2 N–H and O–H groups in total. The molecule has 0 spiro atoms. The minimum absolute atomic E-state index is 0.0713. The number of carbonyl (C=O) groups excluding carboxylic acids is 1. The summed E-state index contributed by atoms with van der Waals surface area (Å²) in [5.74, 6) is -0.887. The Morgan fingerprint density at radius 1 is 0.907 bits per heavy atom. The summed E-state index contributed by atoms with van der Waals surface area (Å²) in [6.45, 7) is 7.80. The molecule has 1 unspecified atom stereocenters. The molecular formula is C34H39N3O6. The van der Waals surface area contributed by atoms with Gasteiger partial charge in [0.1, 0.15) is 0 Å². The molecule has 0 bridgehead atoms. The molecule has 3 aromatic rings. The van der Waals surface area contributed by atoms with E-state index < -0.39 is 17.9 Å². The molecule has 0 saturated carbocycles. The molecule has 226 valence electrons. The Morgan fingerprint density at radius 3 is 2.26 bits per heavy atom. The zero-order valence-electron chi connectivity index (χ0n) is 24.8. The maximum atomic E-state index is 13.7. The van der Waals surface area contributed by atoms with Gasteiger partial charge in [-0.3, -0.25) is 14.5 Å². The Balaban J connectivity index is 1.32. The average molecular weight is 586 g/mol. The number of benzene rings is 3. The topological polar surface area (TPSA) is 101 Å². The maximum Gasteiger partial charge on any atom is 0.309 e. The standard InChI is InChI=1S/C34H39N3O6/c1-3-22-6-5-7-23(4-2)32(22)35-30(38)20-37-19-27(25-10-13-28-29(18-25)43-21-42-28)31(34(39)40)33(37)24-8-11-26(12-9-24)36-14-16-41-17-15-36/h5-13,18,27,31,33H,3-4,14-17,19-21H2,1-2H3,(H,35,38)(H,39,40)/t27-,31?,33+/m1/s1. The van der Waals surface area contributed by atoms with Crippen molar-refractivity contribution >= 4 is 23.3 Å². The number of hydrogen-bond donors (Lipinski definition) is 2. The Morgan fingerprint density at radius 2 is 1.58 bits per heavy atom. The first-order valence-corrected chi connectivity index (χ1v) is 15.2. The summed E-state index contributed by atoms with van der Waals surface area (Å²) in [5.41, 5.74) is 5.86. The van der Waals surface area contributed by atoms with Gasteiger partial charge >= 0.3 is 5.97 Å². The monoisotopic (exact) mass is 585 g/mol. The number of carboxylic acid groups (broad SMARTS) is 1. The van der Waals surface area contributed by atoms with Crippen LogP contribution in [0.25, 0.3) is 0 Å². The molecule has 3 atom stereocenters. The van der Waals surface area contributed by atoms with Gasteiger partial charge < -0.3 is 29.5 Å². The molecule has 6 rings (SSSR count). The van der Waals surface area contributed by atoms with E-state index in [1.165, 1.54) is 0 Å². The van der Waals surface area contributed by atoms with E-state index in [2.05, 4.69) is 36.2 Å². The highest BCUT2D eigenvalue weighted by atomic mass is 16.7. The highest BCUT2D eigenvalue weighted by molar-refractivity contribution is 5.94. The third-order valence-corrected chi connectivity index (χ3v) is 8.93. The molecule has 3 aliphatic heterocycles. The number of aliphatic carboxylic acids is 1. The van der Waals surface area contributed by atoms with Gasteiger partial charge in [0, 0.05) is 43.0 Å². The summed E-state index contributed by atoms with van der Waals surface area (Å²) < 4.78 is 16.6. The average Bonchev–Trinajstić information content (AvgIpc) is 3.66. The molecule has 3 aliphatic rings. The van der Waals surface area contributed by atoms with Gasteiger partial charge in [-0.05, 0) is 59.4 Å². The van der Waals surface area contributed by atoms with Crippen LogP contribution < -0.4 is 19.7 Å². The van der Waals surface area contributed by atoms with Crippen molar-refractivity contribution in [3.8, 4) is 11.5 Å². The molecule has 2 saturated heterocycles. The van der Waals surface area contributed by atoms with E-state index in [0.29, 0.717) is 31.3 Å². The van der Waals surface area contributed by atoms with Gasteiger partial charge in [0.25, 0.3) is 0 Å². The van der Waals surface area contributed by atoms with Crippen LogP contribution in [0.3, 0.4) is 0 Å². The normalized spacial score (nSPS) is 21.6. The number of anilines is 2.